The van der Waals surface area contributed by atoms with Crippen LogP contribution in [0.1, 0.15) is 24.2 Å². The number of aliphatic hydroxyl groups excluding tert-OH is 1. The number of nitrogens with one attached hydrogen (secondary N) is 1. The van der Waals surface area contributed by atoms with E-state index in [9.17, 15) is 5.11 Å². The number of quaternary nitrogens is 1. The van der Waals surface area contributed by atoms with Gasteiger partial charge in [0.1, 0.15) is 18.7 Å². The Kier molecular flexibility index (Phi) is 4.93. The third-order valence-corrected chi connectivity index (χ3v) is 4.51. The van der Waals surface area contributed by atoms with Crippen LogP contribution < -0.4 is 4.90 Å². The third kappa shape index (κ3) is 3.58. The van der Waals surface area contributed by atoms with Crippen molar-refractivity contribution in [3.05, 3.63) is 59.9 Å². The van der Waals surface area contributed by atoms with E-state index in [1.165, 1.54) is 10.6 Å². The van der Waals surface area contributed by atoms with E-state index in [1.54, 1.807) is 0 Å². The molecule has 0 radical (unpaired) electrons. The molecule has 1 aliphatic rings. The second-order valence-electron chi connectivity index (χ2n) is 6.12. The average molecular weight is 301 g/mol. The van der Waals surface area contributed by atoms with Gasteiger partial charge in [-0.2, -0.15) is 0 Å². The van der Waals surface area contributed by atoms with E-state index in [1.807, 2.05) is 30.3 Å². The lowest BCUT2D eigenvalue weighted by Gasteiger charge is -2.33. The molecule has 0 spiro atoms. The lowest BCUT2D eigenvalue weighted by atomic mass is 10.1. The Morgan fingerprint density at radius 1 is 1.27 bits per heavy atom. The van der Waals surface area contributed by atoms with Gasteiger partial charge in [-0.25, -0.2) is 0 Å². The molecule has 118 valence electrons. The van der Waals surface area contributed by atoms with Crippen molar-refractivity contribution in [2.45, 2.75) is 32.2 Å². The van der Waals surface area contributed by atoms with Crippen molar-refractivity contribution in [3.63, 3.8) is 0 Å². The summed E-state index contributed by atoms with van der Waals surface area (Å²) in [5.41, 5.74) is 2.50. The molecule has 0 bridgehead atoms. The molecule has 4 nitrogen and oxygen atoms in total. The number of benzene rings is 1. The molecule has 0 saturated heterocycles. The Morgan fingerprint density at radius 2 is 2.09 bits per heavy atom. The van der Waals surface area contributed by atoms with Crippen molar-refractivity contribution in [1.29, 1.82) is 0 Å². The van der Waals surface area contributed by atoms with Crippen molar-refractivity contribution >= 4 is 0 Å². The van der Waals surface area contributed by atoms with Crippen molar-refractivity contribution in [3.8, 4) is 0 Å². The van der Waals surface area contributed by atoms with Gasteiger partial charge in [-0.1, -0.05) is 30.3 Å². The van der Waals surface area contributed by atoms with Crippen molar-refractivity contribution < 1.29 is 14.7 Å². The Labute approximate surface area is 131 Å². The first-order chi connectivity index (χ1) is 10.7. The third-order valence-electron chi connectivity index (χ3n) is 4.51. The van der Waals surface area contributed by atoms with E-state index in [0.717, 1.165) is 25.2 Å². The highest BCUT2D eigenvalue weighted by molar-refractivity contribution is 5.13. The maximum absolute atomic E-state index is 10.2. The smallest absolute Gasteiger partial charge is 0.126 e. The quantitative estimate of drug-likeness (QED) is 0.836. The Bertz CT molecular complexity index is 582. The summed E-state index contributed by atoms with van der Waals surface area (Å²) in [7, 11) is 0. The lowest BCUT2D eigenvalue weighted by Crippen LogP contribution is -3.14. The number of aromatic nitrogens is 1. The van der Waals surface area contributed by atoms with E-state index in [2.05, 4.69) is 29.8 Å². The predicted molar refractivity (Wildman–Crippen MR) is 85.6 cm³/mol. The molecule has 2 aromatic rings. The maximum Gasteiger partial charge on any atom is 0.126 e. The van der Waals surface area contributed by atoms with Gasteiger partial charge in [0.05, 0.1) is 32.0 Å². The number of hydrogen-bond donors (Lipinski definition) is 2. The number of rotatable bonds is 6. The summed E-state index contributed by atoms with van der Waals surface area (Å²) in [5.74, 6) is 0. The molecule has 1 aromatic heterocycles. The van der Waals surface area contributed by atoms with Gasteiger partial charge in [-0.05, 0) is 24.6 Å². The molecule has 1 unspecified atom stereocenters. The molecule has 2 heterocycles. The average Bonchev–Trinajstić information content (AvgIpc) is 3.01. The highest BCUT2D eigenvalue weighted by Gasteiger charge is 2.28. The monoisotopic (exact) mass is 301 g/mol. The first-order valence-corrected chi connectivity index (χ1v) is 8.03. The molecule has 1 aliphatic heterocycles. The van der Waals surface area contributed by atoms with E-state index >= 15 is 0 Å². The van der Waals surface area contributed by atoms with Crippen LogP contribution >= 0.6 is 0 Å². The minimum Gasteiger partial charge on any atom is -0.385 e. The van der Waals surface area contributed by atoms with Crippen LogP contribution in [0.4, 0.5) is 0 Å². The largest absolute Gasteiger partial charge is 0.385 e. The highest BCUT2D eigenvalue weighted by Crippen LogP contribution is 2.13. The molecule has 0 saturated carbocycles. The zero-order valence-corrected chi connectivity index (χ0v) is 13.1. The molecule has 22 heavy (non-hydrogen) atoms. The van der Waals surface area contributed by atoms with Gasteiger partial charge in [0.25, 0.3) is 0 Å². The van der Waals surface area contributed by atoms with Crippen LogP contribution in [0.3, 0.4) is 0 Å². The molecule has 3 rings (SSSR count). The minimum absolute atomic E-state index is 0.395. The van der Waals surface area contributed by atoms with E-state index < -0.39 is 6.10 Å². The zero-order chi connectivity index (χ0) is 15.4. The molecule has 3 atom stereocenters. The second kappa shape index (κ2) is 7.09. The predicted octanol–water partition coefficient (Wildman–Crippen LogP) is 1.03. The summed E-state index contributed by atoms with van der Waals surface area (Å²) < 4.78 is 7.96. The Balaban J connectivity index is 1.45. The molecule has 0 aliphatic carbocycles. The van der Waals surface area contributed by atoms with Crippen LogP contribution in [0.25, 0.3) is 0 Å². The fourth-order valence-electron chi connectivity index (χ4n) is 3.24. The van der Waals surface area contributed by atoms with Crippen LogP contribution in [0.2, 0.25) is 0 Å². The summed E-state index contributed by atoms with van der Waals surface area (Å²) in [4.78, 5) is 1.43. The van der Waals surface area contributed by atoms with Gasteiger partial charge >= 0.3 is 0 Å². The topological polar surface area (TPSA) is 38.8 Å². The lowest BCUT2D eigenvalue weighted by molar-refractivity contribution is -0.937. The summed E-state index contributed by atoms with van der Waals surface area (Å²) in [6.07, 6.45) is 1.73. The van der Waals surface area contributed by atoms with Crippen molar-refractivity contribution in [2.75, 3.05) is 19.7 Å². The normalized spacial score (nSPS) is 22.3. The summed E-state index contributed by atoms with van der Waals surface area (Å²) in [6, 6.07) is 14.8. The Morgan fingerprint density at radius 3 is 2.91 bits per heavy atom. The maximum atomic E-state index is 10.2. The summed E-state index contributed by atoms with van der Waals surface area (Å²) in [6.45, 7) is 6.01. The molecule has 4 heteroatoms. The molecule has 1 aromatic carbocycles. The van der Waals surface area contributed by atoms with Crippen LogP contribution in [-0.2, 0) is 17.9 Å². The summed E-state index contributed by atoms with van der Waals surface area (Å²) in [5, 5.41) is 10.2. The first kappa shape index (κ1) is 15.3. The zero-order valence-electron chi connectivity index (χ0n) is 13.1. The minimum atomic E-state index is -0.414. The van der Waals surface area contributed by atoms with E-state index in [-0.39, 0.29) is 0 Å². The molecule has 0 amide bonds. The van der Waals surface area contributed by atoms with E-state index in [0.29, 0.717) is 19.3 Å². The van der Waals surface area contributed by atoms with Crippen LogP contribution in [-0.4, -0.2) is 35.5 Å². The first-order valence-electron chi connectivity index (χ1n) is 8.03. The molecule has 0 fully saturated rings. The van der Waals surface area contributed by atoms with Crippen molar-refractivity contribution in [1.82, 2.24) is 4.57 Å². The van der Waals surface area contributed by atoms with Gasteiger partial charge < -0.3 is 19.3 Å². The van der Waals surface area contributed by atoms with Gasteiger partial charge in [-0.3, -0.25) is 0 Å². The number of aliphatic hydroxyl groups is 1. The highest BCUT2D eigenvalue weighted by atomic mass is 16.5. The molecular weight excluding hydrogens is 276 g/mol. The van der Waals surface area contributed by atoms with Crippen LogP contribution in [0, 0.1) is 0 Å². The number of ether oxygens (including phenoxy) is 1. The molecule has 2 N–H and O–H groups in total. The van der Waals surface area contributed by atoms with Gasteiger partial charge in [-0.15, -0.1) is 0 Å². The van der Waals surface area contributed by atoms with Gasteiger partial charge in [0, 0.05) is 6.20 Å². The fraction of sp³-hybridized carbons (Fsp3) is 0.444. The van der Waals surface area contributed by atoms with Crippen molar-refractivity contribution in [2.24, 2.45) is 0 Å². The van der Waals surface area contributed by atoms with E-state index in [4.69, 9.17) is 4.74 Å². The summed E-state index contributed by atoms with van der Waals surface area (Å²) >= 11 is 0. The van der Waals surface area contributed by atoms with Gasteiger partial charge in [0.15, 0.2) is 0 Å². The second-order valence-corrected chi connectivity index (χ2v) is 6.12. The Hall–Kier alpha value is -1.62. The number of hydrogen-bond acceptors (Lipinski definition) is 2. The molecular formula is C18H25N2O2+. The van der Waals surface area contributed by atoms with Gasteiger partial charge in [0.2, 0.25) is 0 Å². The standard InChI is InChI=1S/C18H24N2O2/c1-15-18-8-5-9-19(18)10-11-20(15)12-17(21)14-22-13-16-6-3-2-4-7-16/h2-9,15,17,21H,10-14H2,1H3/p+1/t15-,17+/m1/s1. The fourth-order valence-corrected chi connectivity index (χ4v) is 3.24. The number of fused-ring (bicyclic) bond motifs is 1. The van der Waals surface area contributed by atoms with Crippen LogP contribution in [0.5, 0.6) is 0 Å². The van der Waals surface area contributed by atoms with Crippen LogP contribution in [0.15, 0.2) is 48.7 Å². The number of nitrogens with zero attached hydrogens (tertiary/aromatic N) is 1. The SMILES string of the molecule is C[C@@H]1c2cccn2CC[NH+]1C[C@H](O)COCc1ccccc1.